The van der Waals surface area contributed by atoms with Gasteiger partial charge < -0.3 is 36.0 Å². The summed E-state index contributed by atoms with van der Waals surface area (Å²) in [7, 11) is -2.21. The molecule has 9 nitrogen and oxygen atoms in total. The van der Waals surface area contributed by atoms with Crippen LogP contribution in [0.15, 0.2) is 24.3 Å². The zero-order valence-electron chi connectivity index (χ0n) is 27.1. The highest BCUT2D eigenvalue weighted by Crippen LogP contribution is 2.64. The Kier molecular flexibility index (Phi) is 15.7. The number of anilines is 3. The molecule has 3 unspecified atom stereocenters. The van der Waals surface area contributed by atoms with Crippen LogP contribution in [0.4, 0.5) is 86.8 Å². The maximum Gasteiger partial charge on any atom is 0.460 e. The van der Waals surface area contributed by atoms with Crippen LogP contribution in [-0.4, -0.2) is 92.7 Å². The summed E-state index contributed by atoms with van der Waals surface area (Å²) in [6, 6.07) is 6.10. The number of alkyl halides is 16. The molecule has 0 radical (unpaired) electrons. The van der Waals surface area contributed by atoms with Gasteiger partial charge in [-0.25, -0.2) is 9.37 Å². The molecule has 312 valence electrons. The molecule has 1 heterocycles. The fourth-order valence-electron chi connectivity index (χ4n) is 3.94. The van der Waals surface area contributed by atoms with Crippen molar-refractivity contribution in [3.8, 4) is 0 Å². The molecule has 1 aromatic heterocycles. The number of thiazole rings is 1. The third kappa shape index (κ3) is 9.82. The average Bonchev–Trinajstić information content (AvgIpc) is 3.38. The van der Waals surface area contributed by atoms with Gasteiger partial charge in [-0.05, 0) is 38.1 Å². The molecule has 0 aliphatic rings. The fraction of sp³-hybridized carbons (Fsp3) is 0.615. The van der Waals surface area contributed by atoms with Crippen molar-refractivity contribution < 1.29 is 94.7 Å². The van der Waals surface area contributed by atoms with Crippen molar-refractivity contribution in [2.24, 2.45) is 0 Å². The predicted molar refractivity (Wildman–Crippen MR) is 166 cm³/mol. The first kappa shape index (κ1) is 49.4. The quantitative estimate of drug-likeness (QED) is 0.0495. The maximum absolute atomic E-state index is 14.5. The summed E-state index contributed by atoms with van der Waals surface area (Å²) in [6.45, 7) is 2.96. The van der Waals surface area contributed by atoms with Crippen molar-refractivity contribution in [1.82, 2.24) is 4.98 Å². The monoisotopic (exact) mass is 876 g/mol. The molecule has 0 aliphatic carbocycles. The number of aryl methyl sites for hydroxylation is 1. The number of nitrogens with two attached hydrogens (primary N) is 2. The van der Waals surface area contributed by atoms with Crippen LogP contribution >= 0.6 is 29.0 Å². The number of halogens is 16. The summed E-state index contributed by atoms with van der Waals surface area (Å²) in [5.41, 5.74) is 12.4. The number of aromatic nitrogens is 1. The van der Waals surface area contributed by atoms with E-state index in [2.05, 4.69) is 9.72 Å². The third-order valence-electron chi connectivity index (χ3n) is 7.11. The van der Waals surface area contributed by atoms with Crippen molar-refractivity contribution in [2.45, 2.75) is 79.7 Å². The molecule has 1 aromatic carbocycles. The van der Waals surface area contributed by atoms with Gasteiger partial charge in [0, 0.05) is 30.8 Å². The summed E-state index contributed by atoms with van der Waals surface area (Å²) in [5, 5.41) is 4.33. The van der Waals surface area contributed by atoms with Crippen molar-refractivity contribution in [3.63, 3.8) is 0 Å². The van der Waals surface area contributed by atoms with Crippen molar-refractivity contribution in [3.05, 3.63) is 34.8 Å². The van der Waals surface area contributed by atoms with Crippen molar-refractivity contribution in [2.75, 3.05) is 36.1 Å². The van der Waals surface area contributed by atoms with E-state index < -0.39 is 86.8 Å². The van der Waals surface area contributed by atoms with Gasteiger partial charge in [0.1, 0.15) is 6.61 Å². The number of nitrogens with zero attached hydrogens (tertiary/aromatic N) is 2. The zero-order valence-corrected chi connectivity index (χ0v) is 30.0. The minimum absolute atomic E-state index is 0.0971. The van der Waals surface area contributed by atoms with E-state index in [1.54, 1.807) is 30.9 Å². The minimum Gasteiger partial charge on any atom is -0.464 e. The first-order valence-electron chi connectivity index (χ1n) is 14.2. The second kappa shape index (κ2) is 17.2. The summed E-state index contributed by atoms with van der Waals surface area (Å²) >= 11 is 1.06. The summed E-state index contributed by atoms with van der Waals surface area (Å²) in [4.78, 5) is 35.0. The third-order valence-corrected chi connectivity index (χ3v) is 9.67. The number of ether oxygens (including phenoxy) is 1. The molecule has 0 saturated carbocycles. The smallest absolute Gasteiger partial charge is 0.460 e. The number of hydrogen-bond acceptors (Lipinski definition) is 10. The van der Waals surface area contributed by atoms with Gasteiger partial charge in [0.25, 0.3) is 0 Å². The lowest BCUT2D eigenvalue weighted by atomic mass is 9.88. The number of aliphatic hydroxyl groups excluding tert-OH is 1. The van der Waals surface area contributed by atoms with Crippen LogP contribution in [0.2, 0.25) is 0 Å². The molecule has 3 atom stereocenters. The minimum atomic E-state index is -8.54. The molecule has 2 rings (SSSR count). The van der Waals surface area contributed by atoms with E-state index in [0.29, 0.717) is 33.6 Å². The lowest BCUT2D eigenvalue weighted by Crippen LogP contribution is -2.74. The van der Waals surface area contributed by atoms with Crippen LogP contribution < -0.4 is 16.4 Å². The summed E-state index contributed by atoms with van der Waals surface area (Å²) in [6.07, 6.45) is -11.6. The number of hydrogen-bond donors (Lipinski definition) is 5. The Morgan fingerprint density at radius 2 is 1.30 bits per heavy atom. The van der Waals surface area contributed by atoms with E-state index in [9.17, 15) is 80.1 Å². The number of carbonyl (C=O) groups excluding carboxylic acids is 1. The maximum atomic E-state index is 14.5. The Morgan fingerprint density at radius 3 is 1.69 bits per heavy atom. The van der Waals surface area contributed by atoms with Gasteiger partial charge in [0.2, 0.25) is 8.38 Å². The number of aliphatic hydroxyl groups is 1. The number of esters is 1. The van der Waals surface area contributed by atoms with E-state index in [1.165, 1.54) is 12.1 Å². The number of rotatable bonds is 16. The van der Waals surface area contributed by atoms with Gasteiger partial charge in [0.15, 0.2) is 16.4 Å². The van der Waals surface area contributed by atoms with E-state index in [-0.39, 0.29) is 15.8 Å². The van der Waals surface area contributed by atoms with Gasteiger partial charge in [-0.15, -0.1) is 0 Å². The zero-order chi connectivity index (χ0) is 42.7. The first-order chi connectivity index (χ1) is 24.1. The number of nitrogen functional groups attached to an aromatic ring is 2. The molecule has 0 bridgehead atoms. The van der Waals surface area contributed by atoms with Crippen LogP contribution in [0.25, 0.3) is 0 Å². The Labute approximate surface area is 301 Å². The van der Waals surface area contributed by atoms with Crippen molar-refractivity contribution >= 4 is 51.4 Å². The van der Waals surface area contributed by atoms with Crippen LogP contribution in [-0.2, 0) is 9.53 Å². The molecular weight excluding hydrogens is 846 g/mol. The van der Waals surface area contributed by atoms with Crippen LogP contribution in [0.5, 0.6) is 0 Å². The lowest BCUT2D eigenvalue weighted by molar-refractivity contribution is -0.455. The van der Waals surface area contributed by atoms with Crippen LogP contribution in [0.3, 0.4) is 0 Å². The summed E-state index contributed by atoms with van der Waals surface area (Å²) in [5.74, 6) is -51.7. The average molecular weight is 877 g/mol. The standard InChI is InChI=1S/C21H21F16N2O2P.C5H9N2O3PS/c1-2-39(12-5-3-11(38)4-6-12)9-10-41-13(40)7-8-14(22,42)15(23,24)16(25,26)17(27,28)18(29,30)19(31,32)20(33,34)21(35,36)37;1-2-3(4(8)11(9)10)12-5(6)7-2/h3-6H,2,7-10,38,42H2,1H3;4,8-10H,1H3,(H2,6,7). The SMILES string of the molecule is CCN(CCOC(=O)CCC(F)(P)C(F)(F)C(F)(F)C(F)(F)C(F)(F)C(F)(F)C(F)(F)C(F)(F)F)c1ccc(N)cc1.Cc1nc(N)sc1C(O)P(O)O. The fourth-order valence-corrected chi connectivity index (χ4v) is 5.81. The lowest BCUT2D eigenvalue weighted by Gasteiger charge is -2.43. The van der Waals surface area contributed by atoms with E-state index in [4.69, 9.17) is 21.3 Å². The highest BCUT2D eigenvalue weighted by Gasteiger charge is 2.94. The Hall–Kier alpha value is -2.66. The molecule has 2 aromatic rings. The number of benzene rings is 1. The van der Waals surface area contributed by atoms with Gasteiger partial charge in [-0.2, -0.15) is 65.9 Å². The van der Waals surface area contributed by atoms with E-state index in [1.807, 2.05) is 0 Å². The van der Waals surface area contributed by atoms with E-state index >= 15 is 0 Å². The topological polar surface area (TPSA) is 155 Å². The normalized spacial score (nSPS) is 15.3. The Morgan fingerprint density at radius 1 is 0.852 bits per heavy atom. The van der Waals surface area contributed by atoms with Crippen LogP contribution in [0, 0.1) is 6.92 Å². The highest BCUT2D eigenvalue weighted by molar-refractivity contribution is 7.45. The van der Waals surface area contributed by atoms with Crippen molar-refractivity contribution in [1.29, 1.82) is 0 Å². The first-order valence-corrected chi connectivity index (χ1v) is 16.9. The second-order valence-electron chi connectivity index (χ2n) is 10.9. The number of carbonyl (C=O) groups is 1. The molecule has 28 heteroatoms. The Bertz CT molecular complexity index is 1550. The Balaban J connectivity index is 0.00000102. The van der Waals surface area contributed by atoms with Gasteiger partial charge in [-0.3, -0.25) is 4.79 Å². The van der Waals surface area contributed by atoms with Crippen LogP contribution in [0.1, 0.15) is 36.2 Å². The molecule has 54 heavy (non-hydrogen) atoms. The van der Waals surface area contributed by atoms with Gasteiger partial charge in [0.05, 0.1) is 17.1 Å². The molecule has 0 amide bonds. The molecule has 0 spiro atoms. The second-order valence-corrected chi connectivity index (χ2v) is 14.0. The van der Waals surface area contributed by atoms with Gasteiger partial charge >= 0.3 is 47.7 Å². The van der Waals surface area contributed by atoms with E-state index in [0.717, 1.165) is 11.3 Å². The molecule has 7 N–H and O–H groups in total. The summed E-state index contributed by atoms with van der Waals surface area (Å²) < 4.78 is 219. The molecule has 0 saturated heterocycles. The molecule has 0 fully saturated rings. The molecule has 0 aliphatic heterocycles. The largest absolute Gasteiger partial charge is 0.464 e. The highest BCUT2D eigenvalue weighted by atomic mass is 32.1. The van der Waals surface area contributed by atoms with Gasteiger partial charge in [-0.1, -0.05) is 20.6 Å². The number of likely N-dealkylation sites (N-methyl/N-ethyl adjacent to an activating group) is 1. The molecular formula is C26H30F16N4O5P2S. The predicted octanol–water partition coefficient (Wildman–Crippen LogP) is 7.65.